The molecule has 2 aliphatic rings. The molecule has 3 heterocycles. The predicted octanol–water partition coefficient (Wildman–Crippen LogP) is 4.53. The first kappa shape index (κ1) is 25.0. The lowest BCUT2D eigenvalue weighted by Gasteiger charge is -2.30. The Morgan fingerprint density at radius 1 is 1.26 bits per heavy atom. The molecule has 1 N–H and O–H groups in total. The van der Waals surface area contributed by atoms with Gasteiger partial charge in [0.25, 0.3) is 11.1 Å². The van der Waals surface area contributed by atoms with Gasteiger partial charge in [0.1, 0.15) is 18.2 Å². The second kappa shape index (κ2) is 11.1. The average molecular weight is 563 g/mol. The normalized spacial score (nSPS) is 17.8. The van der Waals surface area contributed by atoms with Crippen molar-refractivity contribution in [2.24, 2.45) is 0 Å². The number of ether oxygens (including phenoxy) is 2. The van der Waals surface area contributed by atoms with Crippen molar-refractivity contribution in [2.45, 2.75) is 25.9 Å². The van der Waals surface area contributed by atoms with Gasteiger partial charge in [-0.25, -0.2) is 14.8 Å². The Labute approximate surface area is 214 Å². The molecule has 10 nitrogen and oxygen atoms in total. The molecule has 3 amide bonds. The molecule has 0 bridgehead atoms. The highest BCUT2D eigenvalue weighted by molar-refractivity contribution is 9.09. The summed E-state index contributed by atoms with van der Waals surface area (Å²) in [5, 5.41) is 9.33. The number of hydrogen-bond donors (Lipinski definition) is 1. The van der Waals surface area contributed by atoms with Crippen LogP contribution in [0.1, 0.15) is 24.0 Å². The minimum absolute atomic E-state index is 0.143. The molecule has 0 spiro atoms. The van der Waals surface area contributed by atoms with Crippen LogP contribution in [0.25, 0.3) is 6.08 Å². The van der Waals surface area contributed by atoms with E-state index in [0.717, 1.165) is 11.8 Å². The van der Waals surface area contributed by atoms with Crippen LogP contribution in [-0.2, 0) is 4.79 Å². The van der Waals surface area contributed by atoms with Crippen LogP contribution in [0.4, 0.5) is 9.59 Å². The predicted molar refractivity (Wildman–Crippen MR) is 133 cm³/mol. The number of imide groups is 1. The number of carboxylic acid groups (broad SMARTS) is 1. The zero-order valence-electron chi connectivity index (χ0n) is 18.8. The number of benzene rings is 1. The van der Waals surface area contributed by atoms with Gasteiger partial charge < -0.3 is 19.5 Å². The lowest BCUT2D eigenvalue weighted by Crippen LogP contribution is -2.41. The molecular formula is C23H23BrN4O6S. The average Bonchev–Trinajstić information content (AvgIpc) is 3.10. The van der Waals surface area contributed by atoms with Crippen LogP contribution in [-0.4, -0.2) is 73.2 Å². The summed E-state index contributed by atoms with van der Waals surface area (Å²) in [4.78, 5) is 47.0. The van der Waals surface area contributed by atoms with E-state index >= 15 is 0 Å². The molecule has 184 valence electrons. The molecule has 0 atom stereocenters. The van der Waals surface area contributed by atoms with Crippen molar-refractivity contribution in [3.05, 3.63) is 46.6 Å². The van der Waals surface area contributed by atoms with Crippen LogP contribution in [0.3, 0.4) is 0 Å². The van der Waals surface area contributed by atoms with Crippen molar-refractivity contribution in [3.63, 3.8) is 0 Å². The monoisotopic (exact) mass is 562 g/mol. The molecule has 2 saturated heterocycles. The Hall–Kier alpha value is -3.12. The summed E-state index contributed by atoms with van der Waals surface area (Å²) in [6, 6.07) is 7.12. The van der Waals surface area contributed by atoms with Crippen LogP contribution in [0.15, 0.2) is 35.5 Å². The maximum Gasteiger partial charge on any atom is 0.407 e. The van der Waals surface area contributed by atoms with Crippen LogP contribution in [0, 0.1) is 6.92 Å². The number of rotatable bonds is 7. The second-order valence-corrected chi connectivity index (χ2v) is 9.68. The molecule has 4 rings (SSSR count). The number of halogens is 1. The summed E-state index contributed by atoms with van der Waals surface area (Å²) in [6.07, 6.45) is 3.11. The smallest absolute Gasteiger partial charge is 0.407 e. The highest BCUT2D eigenvalue weighted by Gasteiger charge is 2.34. The quantitative estimate of drug-likeness (QED) is 0.383. The van der Waals surface area contributed by atoms with Crippen LogP contribution < -0.4 is 9.47 Å². The summed E-state index contributed by atoms with van der Waals surface area (Å²) in [6.45, 7) is 2.94. The van der Waals surface area contributed by atoms with Crippen LogP contribution in [0.2, 0.25) is 0 Å². The van der Waals surface area contributed by atoms with Gasteiger partial charge in [0, 0.05) is 37.8 Å². The molecule has 0 radical (unpaired) electrons. The fourth-order valence-corrected chi connectivity index (χ4v) is 4.89. The lowest BCUT2D eigenvalue weighted by atomic mass is 10.1. The molecule has 2 aromatic rings. The number of thioether (sulfide) groups is 1. The molecule has 2 aliphatic heterocycles. The number of carbonyl (C=O) groups excluding carboxylic acids is 2. The van der Waals surface area contributed by atoms with E-state index in [1.54, 1.807) is 31.2 Å². The summed E-state index contributed by atoms with van der Waals surface area (Å²) >= 11 is 4.17. The number of piperidine rings is 1. The van der Waals surface area contributed by atoms with Gasteiger partial charge >= 0.3 is 6.09 Å². The van der Waals surface area contributed by atoms with Gasteiger partial charge in [-0.05, 0) is 42.5 Å². The first-order valence-corrected chi connectivity index (χ1v) is 12.8. The largest absolute Gasteiger partial charge is 0.474 e. The van der Waals surface area contributed by atoms with E-state index in [9.17, 15) is 14.4 Å². The third-order valence-electron chi connectivity index (χ3n) is 5.53. The SMILES string of the molecule is Cc1c(Oc2cccc(/C=C3\SC(=O)N(CCBr)C3=O)c2)ncnc1OC1CCN(C(=O)O)CC1. The molecule has 0 aliphatic carbocycles. The maximum absolute atomic E-state index is 12.5. The third kappa shape index (κ3) is 5.93. The van der Waals surface area contributed by atoms with Crippen molar-refractivity contribution < 1.29 is 29.0 Å². The number of nitrogens with zero attached hydrogens (tertiary/aromatic N) is 4. The first-order valence-electron chi connectivity index (χ1n) is 10.9. The molecular weight excluding hydrogens is 540 g/mol. The van der Waals surface area contributed by atoms with E-state index in [1.807, 2.05) is 6.07 Å². The number of carbonyl (C=O) groups is 3. The zero-order chi connectivity index (χ0) is 24.9. The van der Waals surface area contributed by atoms with Gasteiger partial charge in [0.05, 0.1) is 10.5 Å². The van der Waals surface area contributed by atoms with Gasteiger partial charge in [-0.3, -0.25) is 14.5 Å². The highest BCUT2D eigenvalue weighted by atomic mass is 79.9. The van der Waals surface area contributed by atoms with Crippen LogP contribution in [0.5, 0.6) is 17.5 Å². The Morgan fingerprint density at radius 3 is 2.71 bits per heavy atom. The standard InChI is InChI=1S/C23H23BrN4O6S/c1-14-19(33-16-5-8-27(9-6-16)22(30)31)25-13-26-20(14)34-17-4-2-3-15(11-17)12-18-21(29)28(10-7-24)23(32)35-18/h2-4,11-13,16H,5-10H2,1H3,(H,30,31)/b18-12-. The van der Waals surface area contributed by atoms with E-state index in [2.05, 4.69) is 25.9 Å². The fourth-order valence-electron chi connectivity index (χ4n) is 3.67. The Bertz CT molecular complexity index is 1170. The number of aromatic nitrogens is 2. The van der Waals surface area contributed by atoms with Crippen molar-refractivity contribution in [1.82, 2.24) is 19.8 Å². The van der Waals surface area contributed by atoms with E-state index in [4.69, 9.17) is 14.6 Å². The first-order chi connectivity index (χ1) is 16.9. The van der Waals surface area contributed by atoms with Crippen molar-refractivity contribution in [2.75, 3.05) is 25.0 Å². The van der Waals surface area contributed by atoms with Crippen LogP contribution >= 0.6 is 27.7 Å². The van der Waals surface area contributed by atoms with E-state index in [-0.39, 0.29) is 17.3 Å². The summed E-state index contributed by atoms with van der Waals surface area (Å²) in [7, 11) is 0. The molecule has 35 heavy (non-hydrogen) atoms. The number of likely N-dealkylation sites (tertiary alicyclic amines) is 1. The number of alkyl halides is 1. The van der Waals surface area contributed by atoms with E-state index < -0.39 is 6.09 Å². The summed E-state index contributed by atoms with van der Waals surface area (Å²) in [5.41, 5.74) is 1.33. The Kier molecular flexibility index (Phi) is 7.91. The molecule has 0 unspecified atom stereocenters. The molecule has 1 aromatic heterocycles. The molecule has 1 aromatic carbocycles. The Balaban J connectivity index is 1.45. The van der Waals surface area contributed by atoms with E-state index in [0.29, 0.717) is 71.3 Å². The maximum atomic E-state index is 12.5. The topological polar surface area (TPSA) is 122 Å². The second-order valence-electron chi connectivity index (χ2n) is 7.89. The van der Waals surface area contributed by atoms with Gasteiger partial charge in [-0.15, -0.1) is 0 Å². The van der Waals surface area contributed by atoms with Gasteiger partial charge in [0.15, 0.2) is 0 Å². The highest BCUT2D eigenvalue weighted by Crippen LogP contribution is 2.34. The third-order valence-corrected chi connectivity index (χ3v) is 6.80. The van der Waals surface area contributed by atoms with Crippen molar-refractivity contribution in [1.29, 1.82) is 0 Å². The molecule has 0 saturated carbocycles. The zero-order valence-corrected chi connectivity index (χ0v) is 21.3. The summed E-state index contributed by atoms with van der Waals surface area (Å²) < 4.78 is 12.0. The van der Waals surface area contributed by atoms with Gasteiger partial charge in [0.2, 0.25) is 11.8 Å². The van der Waals surface area contributed by atoms with E-state index in [1.165, 1.54) is 16.1 Å². The number of hydrogen-bond acceptors (Lipinski definition) is 8. The van der Waals surface area contributed by atoms with Gasteiger partial charge in [-0.2, -0.15) is 0 Å². The molecule has 12 heteroatoms. The van der Waals surface area contributed by atoms with Gasteiger partial charge in [-0.1, -0.05) is 28.1 Å². The minimum Gasteiger partial charge on any atom is -0.474 e. The minimum atomic E-state index is -0.922. The lowest BCUT2D eigenvalue weighted by molar-refractivity contribution is -0.122. The fraction of sp³-hybridized carbons (Fsp3) is 0.348. The van der Waals surface area contributed by atoms with Crippen molar-refractivity contribution in [3.8, 4) is 17.5 Å². The Morgan fingerprint density at radius 2 is 2.00 bits per heavy atom. The summed E-state index contributed by atoms with van der Waals surface area (Å²) in [5.74, 6) is 0.905. The van der Waals surface area contributed by atoms with Crippen molar-refractivity contribution >= 4 is 51.0 Å². The number of amides is 3. The molecule has 2 fully saturated rings.